The number of hydrogen-bond acceptors (Lipinski definition) is 7. The molecule has 0 atom stereocenters. The van der Waals surface area contributed by atoms with Crippen LogP contribution in [0.5, 0.6) is 0 Å². The molecule has 1 rings (SSSR count). The van der Waals surface area contributed by atoms with Crippen LogP contribution >= 0.6 is 0 Å². The lowest BCUT2D eigenvalue weighted by Gasteiger charge is -2.31. The van der Waals surface area contributed by atoms with Crippen LogP contribution < -0.4 is 10.5 Å². The normalized spacial score (nSPS) is 12.2. The van der Waals surface area contributed by atoms with Gasteiger partial charge in [-0.15, -0.1) is 0 Å². The van der Waals surface area contributed by atoms with Gasteiger partial charge in [-0.3, -0.25) is 0 Å². The van der Waals surface area contributed by atoms with Crippen molar-refractivity contribution in [1.82, 2.24) is 0 Å². The smallest absolute Gasteiger partial charge is 0.385 e. The summed E-state index contributed by atoms with van der Waals surface area (Å²) in [6, 6.07) is 6.88. The zero-order chi connectivity index (χ0) is 22.6. The van der Waals surface area contributed by atoms with Crippen LogP contribution in [-0.4, -0.2) is 65.3 Å². The van der Waals surface area contributed by atoms with Crippen LogP contribution in [0, 0.1) is 0 Å². The van der Waals surface area contributed by atoms with Crippen molar-refractivity contribution in [2.24, 2.45) is 0 Å². The second-order valence-electron chi connectivity index (χ2n) is 6.72. The Hall–Kier alpha value is -1.05. The van der Waals surface area contributed by atoms with Gasteiger partial charge in [0.1, 0.15) is 0 Å². The van der Waals surface area contributed by atoms with Gasteiger partial charge in [-0.25, -0.2) is 0 Å². The van der Waals surface area contributed by atoms with E-state index in [4.69, 9.17) is 26.6 Å². The van der Waals surface area contributed by atoms with Gasteiger partial charge in [0, 0.05) is 64.6 Å². The molecule has 0 radical (unpaired) electrons. The largest absolute Gasteiger partial charge is 0.539 e. The molecule has 7 nitrogen and oxygen atoms in total. The monoisotopic (exact) mass is 457 g/mol. The van der Waals surface area contributed by atoms with Gasteiger partial charge in [0.25, 0.3) is 0 Å². The molecule has 30 heavy (non-hydrogen) atoms. The van der Waals surface area contributed by atoms with E-state index in [0.29, 0.717) is 32.4 Å². The summed E-state index contributed by atoms with van der Waals surface area (Å²) in [7, 11) is -0.744. The first kappa shape index (κ1) is 27.0. The van der Waals surface area contributed by atoms with Crippen molar-refractivity contribution >= 4 is 34.1 Å². The highest BCUT2D eigenvalue weighted by atomic mass is 28.4. The van der Waals surface area contributed by atoms with Crippen molar-refractivity contribution in [3.05, 3.63) is 30.3 Å². The predicted molar refractivity (Wildman–Crippen MR) is 126 cm³/mol. The Balaban J connectivity index is 3.18. The first-order valence-electron chi connectivity index (χ1n) is 10.5. The van der Waals surface area contributed by atoms with Gasteiger partial charge < -0.3 is 31.9 Å². The van der Waals surface area contributed by atoms with Crippen molar-refractivity contribution in [2.45, 2.75) is 40.2 Å². The Labute approximate surface area is 184 Å². The highest BCUT2D eigenvalue weighted by molar-refractivity contribution is 6.76. The Morgan fingerprint density at radius 1 is 0.933 bits per heavy atom. The van der Waals surface area contributed by atoms with Gasteiger partial charge in [0.15, 0.2) is 0 Å². The molecular weight excluding hydrogens is 418 g/mol. The second kappa shape index (κ2) is 13.4. The number of hydrogen-bond donors (Lipinski definition) is 1. The van der Waals surface area contributed by atoms with Gasteiger partial charge in [-0.2, -0.15) is 0 Å². The quantitative estimate of drug-likeness (QED) is 0.300. The highest BCUT2D eigenvalue weighted by Crippen LogP contribution is 2.22. The Bertz CT molecular complexity index is 629. The molecule has 0 spiro atoms. The predicted octanol–water partition coefficient (Wildman–Crippen LogP) is 3.66. The molecule has 0 unspecified atom stereocenters. The van der Waals surface area contributed by atoms with E-state index in [9.17, 15) is 0 Å². The minimum absolute atomic E-state index is 0.511. The fourth-order valence-electron chi connectivity index (χ4n) is 3.24. The van der Waals surface area contributed by atoms with Crippen molar-refractivity contribution in [3.8, 4) is 0 Å². The average Bonchev–Trinajstić information content (AvgIpc) is 2.74. The van der Waals surface area contributed by atoms with Crippen LogP contribution in [-0.2, 0) is 26.6 Å². The van der Waals surface area contributed by atoms with E-state index < -0.39 is 17.6 Å². The zero-order valence-electron chi connectivity index (χ0n) is 19.6. The molecule has 1 N–H and O–H groups in total. The Kier molecular flexibility index (Phi) is 12.0. The molecule has 0 aromatic heterocycles. The topological polar surface area (TPSA) is 67.4 Å². The SMILES string of the molecule is C=C(C)c1ccc([Si](OCC)(OCC)OCC)c(NCCC[Si](OC)(OC)OC)c1. The summed E-state index contributed by atoms with van der Waals surface area (Å²) in [6.45, 7) is 14.2. The number of rotatable bonds is 16. The van der Waals surface area contributed by atoms with Crippen LogP contribution in [0.15, 0.2) is 24.8 Å². The van der Waals surface area contributed by atoms with Gasteiger partial charge in [-0.1, -0.05) is 24.3 Å². The van der Waals surface area contributed by atoms with E-state index in [0.717, 1.165) is 28.4 Å². The molecule has 0 saturated carbocycles. The summed E-state index contributed by atoms with van der Waals surface area (Å²) in [5.41, 5.74) is 2.99. The van der Waals surface area contributed by atoms with Gasteiger partial charge in [0.05, 0.1) is 0 Å². The van der Waals surface area contributed by atoms with E-state index in [1.165, 1.54) is 0 Å². The summed E-state index contributed by atoms with van der Waals surface area (Å²) in [6.07, 6.45) is 0.824. The molecule has 1 aromatic carbocycles. The average molecular weight is 458 g/mol. The minimum Gasteiger partial charge on any atom is -0.385 e. The van der Waals surface area contributed by atoms with Crippen LogP contribution in [0.3, 0.4) is 0 Å². The molecule has 0 fully saturated rings. The molecular formula is C21H39NO6Si2. The summed E-state index contributed by atoms with van der Waals surface area (Å²) in [5.74, 6) is 0. The zero-order valence-corrected chi connectivity index (χ0v) is 21.6. The van der Waals surface area contributed by atoms with Crippen molar-refractivity contribution in [3.63, 3.8) is 0 Å². The van der Waals surface area contributed by atoms with Crippen molar-refractivity contribution < 1.29 is 26.6 Å². The van der Waals surface area contributed by atoms with Crippen molar-refractivity contribution in [1.29, 1.82) is 0 Å². The summed E-state index contributed by atoms with van der Waals surface area (Å²) in [4.78, 5) is 0. The van der Waals surface area contributed by atoms with Crippen LogP contribution in [0.25, 0.3) is 5.57 Å². The molecule has 9 heteroatoms. The van der Waals surface area contributed by atoms with Crippen LogP contribution in [0.1, 0.15) is 39.7 Å². The summed E-state index contributed by atoms with van der Waals surface area (Å²) >= 11 is 0. The fraction of sp³-hybridized carbons (Fsp3) is 0.619. The number of benzene rings is 1. The third kappa shape index (κ3) is 6.99. The molecule has 172 valence electrons. The highest BCUT2D eigenvalue weighted by Gasteiger charge is 2.45. The molecule has 0 aliphatic heterocycles. The molecule has 0 bridgehead atoms. The maximum atomic E-state index is 6.13. The lowest BCUT2D eigenvalue weighted by Crippen LogP contribution is -2.57. The van der Waals surface area contributed by atoms with E-state index in [1.807, 2.05) is 39.8 Å². The van der Waals surface area contributed by atoms with Crippen LogP contribution in [0.2, 0.25) is 6.04 Å². The first-order valence-corrected chi connectivity index (χ1v) is 14.1. The van der Waals surface area contributed by atoms with Gasteiger partial charge in [0.2, 0.25) is 0 Å². The molecule has 0 heterocycles. The molecule has 0 saturated heterocycles. The van der Waals surface area contributed by atoms with E-state index in [2.05, 4.69) is 18.0 Å². The maximum Gasteiger partial charge on any atom is 0.539 e. The third-order valence-electron chi connectivity index (χ3n) is 4.75. The number of allylic oxidation sites excluding steroid dienone is 1. The fourth-order valence-corrected chi connectivity index (χ4v) is 7.59. The summed E-state index contributed by atoms with van der Waals surface area (Å²) in [5, 5.41) is 4.48. The lowest BCUT2D eigenvalue weighted by molar-refractivity contribution is 0.0860. The lowest BCUT2D eigenvalue weighted by atomic mass is 10.1. The third-order valence-corrected chi connectivity index (χ3v) is 10.7. The molecule has 0 aliphatic rings. The van der Waals surface area contributed by atoms with Crippen LogP contribution in [0.4, 0.5) is 5.69 Å². The second-order valence-corrected chi connectivity index (χ2v) is 12.3. The number of nitrogens with one attached hydrogen (secondary N) is 1. The maximum absolute atomic E-state index is 6.13. The Morgan fingerprint density at radius 3 is 1.90 bits per heavy atom. The molecule has 1 aromatic rings. The molecule has 0 amide bonds. The van der Waals surface area contributed by atoms with Gasteiger partial charge >= 0.3 is 17.6 Å². The molecule has 0 aliphatic carbocycles. The standard InChI is InChI=1S/C21H39NO6Si2/c1-9-26-30(27-10-2,28-11-3)21-14-13-19(18(4)5)17-20(21)22-15-12-16-29(23-6,24-7)25-8/h13-14,17,22H,4,9-12,15-16H2,1-3,5-8H3. The Morgan fingerprint density at radius 2 is 1.47 bits per heavy atom. The van der Waals surface area contributed by atoms with E-state index in [-0.39, 0.29) is 0 Å². The summed E-state index contributed by atoms with van der Waals surface area (Å²) < 4.78 is 34.9. The first-order chi connectivity index (χ1) is 14.4. The van der Waals surface area contributed by atoms with E-state index in [1.54, 1.807) is 21.3 Å². The van der Waals surface area contributed by atoms with E-state index >= 15 is 0 Å². The van der Waals surface area contributed by atoms with Crippen molar-refractivity contribution in [2.75, 3.05) is 53.0 Å². The minimum atomic E-state index is -3.05. The van der Waals surface area contributed by atoms with Gasteiger partial charge in [-0.05, 0) is 45.7 Å². The number of anilines is 1.